The van der Waals surface area contributed by atoms with E-state index in [1.165, 1.54) is 12.1 Å². The van der Waals surface area contributed by atoms with Crippen molar-refractivity contribution in [3.05, 3.63) is 41.7 Å². The highest BCUT2D eigenvalue weighted by atomic mass is 19.1. The van der Waals surface area contributed by atoms with Gasteiger partial charge in [0.1, 0.15) is 17.5 Å². The van der Waals surface area contributed by atoms with E-state index in [9.17, 15) is 8.78 Å². The van der Waals surface area contributed by atoms with E-state index in [1.807, 2.05) is 20.8 Å². The number of benzene rings is 1. The van der Waals surface area contributed by atoms with Crippen LogP contribution < -0.4 is 16.0 Å². The lowest BCUT2D eigenvalue weighted by atomic mass is 9.96. The minimum Gasteiger partial charge on any atom is -0.436 e. The first-order chi connectivity index (χ1) is 9.79. The first-order valence-corrected chi connectivity index (χ1v) is 6.28. The third-order valence-electron chi connectivity index (χ3n) is 2.63. The van der Waals surface area contributed by atoms with Gasteiger partial charge in [0.2, 0.25) is 5.88 Å². The van der Waals surface area contributed by atoms with E-state index in [4.69, 9.17) is 10.6 Å². The summed E-state index contributed by atoms with van der Waals surface area (Å²) in [4.78, 5) is 8.44. The summed E-state index contributed by atoms with van der Waals surface area (Å²) in [5.41, 5.74) is 2.06. The molecule has 112 valence electrons. The van der Waals surface area contributed by atoms with E-state index in [0.29, 0.717) is 11.6 Å². The van der Waals surface area contributed by atoms with Crippen molar-refractivity contribution in [2.24, 2.45) is 5.84 Å². The minimum atomic E-state index is -0.812. The zero-order valence-corrected chi connectivity index (χ0v) is 11.9. The second-order valence-corrected chi connectivity index (χ2v) is 5.49. The second kappa shape index (κ2) is 5.61. The molecule has 0 aliphatic heterocycles. The van der Waals surface area contributed by atoms with Gasteiger partial charge in [0.15, 0.2) is 11.6 Å². The highest BCUT2D eigenvalue weighted by molar-refractivity contribution is 5.40. The zero-order valence-electron chi connectivity index (χ0n) is 11.9. The topological polar surface area (TPSA) is 73.1 Å². The van der Waals surface area contributed by atoms with Crippen LogP contribution in [0.3, 0.4) is 0 Å². The number of nitrogens with one attached hydrogen (secondary N) is 1. The SMILES string of the molecule is CC(C)(C)c1nc(NN)cc(Oc2ccc(F)cc2F)n1. The molecule has 0 atom stereocenters. The monoisotopic (exact) mass is 294 g/mol. The molecule has 0 saturated carbocycles. The fourth-order valence-corrected chi connectivity index (χ4v) is 1.56. The van der Waals surface area contributed by atoms with Gasteiger partial charge < -0.3 is 10.2 Å². The maximum Gasteiger partial charge on any atom is 0.224 e. The first-order valence-electron chi connectivity index (χ1n) is 6.28. The van der Waals surface area contributed by atoms with Gasteiger partial charge in [-0.2, -0.15) is 4.98 Å². The predicted octanol–water partition coefficient (Wildman–Crippen LogP) is 3.13. The van der Waals surface area contributed by atoms with Crippen molar-refractivity contribution in [3.8, 4) is 11.6 Å². The van der Waals surface area contributed by atoms with Gasteiger partial charge in [-0.15, -0.1) is 0 Å². The molecule has 0 aliphatic carbocycles. The number of hydrogen-bond donors (Lipinski definition) is 2. The number of nitrogens with zero attached hydrogens (tertiary/aromatic N) is 2. The Kier molecular flexibility index (Phi) is 4.04. The van der Waals surface area contributed by atoms with Crippen LogP contribution in [-0.4, -0.2) is 9.97 Å². The lowest BCUT2D eigenvalue weighted by Crippen LogP contribution is -2.19. The standard InChI is InChI=1S/C14H16F2N4O/c1-14(2,3)13-18-11(20-17)7-12(19-13)21-10-5-4-8(15)6-9(10)16/h4-7H,17H2,1-3H3,(H,18,19,20). The molecule has 2 rings (SSSR count). The molecule has 7 heteroatoms. The van der Waals surface area contributed by atoms with Gasteiger partial charge in [0.25, 0.3) is 0 Å². The van der Waals surface area contributed by atoms with Crippen LogP contribution in [0.4, 0.5) is 14.6 Å². The fourth-order valence-electron chi connectivity index (χ4n) is 1.56. The van der Waals surface area contributed by atoms with Gasteiger partial charge in [-0.25, -0.2) is 19.6 Å². The zero-order chi connectivity index (χ0) is 15.6. The fraction of sp³-hybridized carbons (Fsp3) is 0.286. The Balaban J connectivity index is 2.39. The molecule has 1 heterocycles. The lowest BCUT2D eigenvalue weighted by Gasteiger charge is -2.18. The van der Waals surface area contributed by atoms with E-state index in [-0.39, 0.29) is 17.0 Å². The molecule has 0 saturated heterocycles. The highest BCUT2D eigenvalue weighted by Gasteiger charge is 2.20. The number of aromatic nitrogens is 2. The van der Waals surface area contributed by atoms with Gasteiger partial charge >= 0.3 is 0 Å². The van der Waals surface area contributed by atoms with Crippen molar-refractivity contribution < 1.29 is 13.5 Å². The van der Waals surface area contributed by atoms with Crippen molar-refractivity contribution in [1.82, 2.24) is 9.97 Å². The normalized spacial score (nSPS) is 11.3. The van der Waals surface area contributed by atoms with Crippen molar-refractivity contribution in [2.75, 3.05) is 5.43 Å². The van der Waals surface area contributed by atoms with E-state index in [2.05, 4.69) is 15.4 Å². The van der Waals surface area contributed by atoms with Crippen LogP contribution in [0.2, 0.25) is 0 Å². The Morgan fingerprint density at radius 1 is 1.14 bits per heavy atom. The molecule has 0 aliphatic rings. The number of ether oxygens (including phenoxy) is 1. The lowest BCUT2D eigenvalue weighted by molar-refractivity contribution is 0.414. The van der Waals surface area contributed by atoms with Gasteiger partial charge in [-0.3, -0.25) is 0 Å². The van der Waals surface area contributed by atoms with Crippen LogP contribution in [0.5, 0.6) is 11.6 Å². The van der Waals surface area contributed by atoms with Gasteiger partial charge in [0, 0.05) is 17.5 Å². The third-order valence-corrected chi connectivity index (χ3v) is 2.63. The smallest absolute Gasteiger partial charge is 0.224 e. The number of nitrogens with two attached hydrogens (primary N) is 1. The second-order valence-electron chi connectivity index (χ2n) is 5.49. The molecular weight excluding hydrogens is 278 g/mol. The summed E-state index contributed by atoms with van der Waals surface area (Å²) in [5, 5.41) is 0. The molecule has 0 bridgehead atoms. The number of anilines is 1. The molecule has 1 aromatic carbocycles. The molecular formula is C14H16F2N4O. The van der Waals surface area contributed by atoms with E-state index in [0.717, 1.165) is 12.1 Å². The molecule has 0 unspecified atom stereocenters. The summed E-state index contributed by atoms with van der Waals surface area (Å²) in [6, 6.07) is 4.47. The largest absolute Gasteiger partial charge is 0.436 e. The van der Waals surface area contributed by atoms with Crippen LogP contribution >= 0.6 is 0 Å². The maximum absolute atomic E-state index is 13.6. The van der Waals surface area contributed by atoms with Crippen molar-refractivity contribution in [2.45, 2.75) is 26.2 Å². The number of hydrazine groups is 1. The Morgan fingerprint density at radius 2 is 1.86 bits per heavy atom. The van der Waals surface area contributed by atoms with Gasteiger partial charge in [-0.05, 0) is 12.1 Å². The van der Waals surface area contributed by atoms with Crippen molar-refractivity contribution in [1.29, 1.82) is 0 Å². The minimum absolute atomic E-state index is 0.119. The highest BCUT2D eigenvalue weighted by Crippen LogP contribution is 2.27. The summed E-state index contributed by atoms with van der Waals surface area (Å²) in [6.45, 7) is 5.76. The van der Waals surface area contributed by atoms with Gasteiger partial charge in [-0.1, -0.05) is 20.8 Å². The van der Waals surface area contributed by atoms with Crippen molar-refractivity contribution in [3.63, 3.8) is 0 Å². The van der Waals surface area contributed by atoms with Crippen LogP contribution in [0.25, 0.3) is 0 Å². The molecule has 1 aromatic heterocycles. The number of hydrogen-bond acceptors (Lipinski definition) is 5. The van der Waals surface area contributed by atoms with E-state index >= 15 is 0 Å². The predicted molar refractivity (Wildman–Crippen MR) is 75.0 cm³/mol. The molecule has 0 fully saturated rings. The summed E-state index contributed by atoms with van der Waals surface area (Å²) < 4.78 is 31.8. The molecule has 0 amide bonds. The molecule has 0 radical (unpaired) electrons. The Labute approximate surface area is 121 Å². The molecule has 0 spiro atoms. The quantitative estimate of drug-likeness (QED) is 0.672. The molecule has 2 aromatic rings. The van der Waals surface area contributed by atoms with Crippen LogP contribution in [-0.2, 0) is 5.41 Å². The molecule has 5 nitrogen and oxygen atoms in total. The van der Waals surface area contributed by atoms with Crippen molar-refractivity contribution >= 4 is 5.82 Å². The average Bonchev–Trinajstić information content (AvgIpc) is 2.40. The Morgan fingerprint density at radius 3 is 2.43 bits per heavy atom. The van der Waals surface area contributed by atoms with Crippen LogP contribution in [0.15, 0.2) is 24.3 Å². The van der Waals surface area contributed by atoms with E-state index in [1.54, 1.807) is 0 Å². The molecule has 21 heavy (non-hydrogen) atoms. The van der Waals surface area contributed by atoms with Crippen LogP contribution in [0, 0.1) is 11.6 Å². The average molecular weight is 294 g/mol. The summed E-state index contributed by atoms with van der Waals surface area (Å²) in [5.74, 6) is 4.68. The first kappa shape index (κ1) is 15.1. The Hall–Kier alpha value is -2.28. The molecule has 3 N–H and O–H groups in total. The number of rotatable bonds is 3. The number of nitrogen functional groups attached to an aromatic ring is 1. The summed E-state index contributed by atoms with van der Waals surface area (Å²) >= 11 is 0. The number of halogens is 2. The van der Waals surface area contributed by atoms with Gasteiger partial charge in [0.05, 0.1) is 0 Å². The summed E-state index contributed by atoms with van der Waals surface area (Å²) in [7, 11) is 0. The Bertz CT molecular complexity index is 656. The third kappa shape index (κ3) is 3.63. The van der Waals surface area contributed by atoms with E-state index < -0.39 is 11.6 Å². The van der Waals surface area contributed by atoms with Crippen LogP contribution in [0.1, 0.15) is 26.6 Å². The maximum atomic E-state index is 13.6. The summed E-state index contributed by atoms with van der Waals surface area (Å²) in [6.07, 6.45) is 0.